The quantitative estimate of drug-likeness (QED) is 0.700. The van der Waals surface area contributed by atoms with Crippen LogP contribution in [0.5, 0.6) is 0 Å². The van der Waals surface area contributed by atoms with Crippen molar-refractivity contribution in [2.45, 2.75) is 26.8 Å². The van der Waals surface area contributed by atoms with E-state index < -0.39 is 0 Å². The van der Waals surface area contributed by atoms with E-state index in [1.165, 1.54) is 12.1 Å². The molecule has 2 unspecified atom stereocenters. The van der Waals surface area contributed by atoms with Gasteiger partial charge in [0.15, 0.2) is 0 Å². The van der Waals surface area contributed by atoms with E-state index in [0.717, 1.165) is 5.56 Å². The summed E-state index contributed by atoms with van der Waals surface area (Å²) >= 11 is 0. The third-order valence-corrected chi connectivity index (χ3v) is 2.27. The topological polar surface area (TPSA) is 26.0 Å². The van der Waals surface area contributed by atoms with Crippen LogP contribution in [0.2, 0.25) is 0 Å². The number of halogens is 1. The smallest absolute Gasteiger partial charge is 0.124 e. The first kappa shape index (κ1) is 11.7. The maximum absolute atomic E-state index is 13.0. The summed E-state index contributed by atoms with van der Waals surface area (Å²) in [4.78, 5) is 0. The summed E-state index contributed by atoms with van der Waals surface area (Å²) in [5.74, 6) is 5.82. The van der Waals surface area contributed by atoms with Crippen LogP contribution >= 0.6 is 0 Å². The second-order valence-corrected chi connectivity index (χ2v) is 3.93. The zero-order valence-corrected chi connectivity index (χ0v) is 9.34. The van der Waals surface area contributed by atoms with Gasteiger partial charge in [0.25, 0.3) is 0 Å². The van der Waals surface area contributed by atoms with Crippen LogP contribution in [0.3, 0.4) is 0 Å². The van der Waals surface area contributed by atoms with Gasteiger partial charge in [0.05, 0.1) is 0 Å². The average Bonchev–Trinajstić information content (AvgIpc) is 2.12. The lowest BCUT2D eigenvalue weighted by Gasteiger charge is -2.06. The van der Waals surface area contributed by atoms with Crippen LogP contribution in [0.15, 0.2) is 18.2 Å². The zero-order chi connectivity index (χ0) is 11.4. The van der Waals surface area contributed by atoms with Crippen molar-refractivity contribution >= 4 is 0 Å². The Bertz CT molecular complexity index is 378. The van der Waals surface area contributed by atoms with E-state index in [1.807, 2.05) is 26.8 Å². The largest absolute Gasteiger partial charge is 0.327 e. The molecule has 15 heavy (non-hydrogen) atoms. The molecule has 0 aliphatic heterocycles. The van der Waals surface area contributed by atoms with Crippen LogP contribution in [0.25, 0.3) is 0 Å². The van der Waals surface area contributed by atoms with Gasteiger partial charge in [-0.15, -0.1) is 0 Å². The van der Waals surface area contributed by atoms with Gasteiger partial charge in [-0.05, 0) is 44.5 Å². The summed E-state index contributed by atoms with van der Waals surface area (Å²) in [7, 11) is 0. The van der Waals surface area contributed by atoms with E-state index in [4.69, 9.17) is 5.73 Å². The van der Waals surface area contributed by atoms with E-state index in [-0.39, 0.29) is 17.8 Å². The molecule has 2 heteroatoms. The first-order valence-corrected chi connectivity index (χ1v) is 5.03. The molecule has 1 nitrogen and oxygen atoms in total. The number of aryl methyl sites for hydroxylation is 1. The number of nitrogens with two attached hydrogens (primary N) is 1. The molecule has 1 aromatic rings. The number of rotatable bonds is 1. The fourth-order valence-corrected chi connectivity index (χ4v) is 1.14. The Balaban J connectivity index is 2.89. The van der Waals surface area contributed by atoms with Crippen LogP contribution in [-0.4, -0.2) is 6.04 Å². The predicted molar refractivity (Wildman–Crippen MR) is 60.8 cm³/mol. The number of hydrogen-bond donors (Lipinski definition) is 1. The molecule has 0 saturated carbocycles. The minimum Gasteiger partial charge on any atom is -0.327 e. The molecule has 2 N–H and O–H groups in total. The van der Waals surface area contributed by atoms with Gasteiger partial charge in [-0.1, -0.05) is 11.8 Å². The van der Waals surface area contributed by atoms with Gasteiger partial charge in [0, 0.05) is 17.5 Å². The first-order valence-electron chi connectivity index (χ1n) is 5.03. The molecule has 0 aliphatic carbocycles. The van der Waals surface area contributed by atoms with E-state index in [0.29, 0.717) is 5.56 Å². The van der Waals surface area contributed by atoms with Crippen molar-refractivity contribution in [2.75, 3.05) is 0 Å². The van der Waals surface area contributed by atoms with Crippen LogP contribution in [0.4, 0.5) is 4.39 Å². The molecule has 0 spiro atoms. The molecular weight excluding hydrogens is 189 g/mol. The fourth-order valence-electron chi connectivity index (χ4n) is 1.14. The van der Waals surface area contributed by atoms with Gasteiger partial charge in [-0.2, -0.15) is 0 Å². The molecule has 0 aromatic heterocycles. The van der Waals surface area contributed by atoms with Crippen LogP contribution in [0, 0.1) is 30.5 Å². The molecule has 0 fully saturated rings. The second kappa shape index (κ2) is 4.95. The summed E-state index contributed by atoms with van der Waals surface area (Å²) in [6, 6.07) is 4.82. The van der Waals surface area contributed by atoms with E-state index >= 15 is 0 Å². The predicted octanol–water partition coefficient (Wildman–Crippen LogP) is 2.47. The first-order chi connectivity index (χ1) is 6.99. The van der Waals surface area contributed by atoms with Gasteiger partial charge < -0.3 is 5.73 Å². The minimum atomic E-state index is -0.243. The maximum Gasteiger partial charge on any atom is 0.124 e. The minimum absolute atomic E-state index is 0.0344. The molecule has 1 rings (SSSR count). The van der Waals surface area contributed by atoms with Crippen molar-refractivity contribution in [3.8, 4) is 11.8 Å². The Kier molecular flexibility index (Phi) is 3.88. The van der Waals surface area contributed by atoms with Gasteiger partial charge in [0.2, 0.25) is 0 Å². The Labute approximate surface area is 90.5 Å². The summed E-state index contributed by atoms with van der Waals surface area (Å²) in [5.41, 5.74) is 7.27. The summed E-state index contributed by atoms with van der Waals surface area (Å²) in [6.45, 7) is 5.73. The SMILES string of the molecule is Cc1cc(F)cc(C#CC(C)C(C)N)c1. The zero-order valence-electron chi connectivity index (χ0n) is 9.34. The molecule has 0 saturated heterocycles. The van der Waals surface area contributed by atoms with Crippen molar-refractivity contribution in [3.63, 3.8) is 0 Å². The van der Waals surface area contributed by atoms with Gasteiger partial charge in [0.1, 0.15) is 5.82 Å². The highest BCUT2D eigenvalue weighted by molar-refractivity contribution is 5.37. The lowest BCUT2D eigenvalue weighted by atomic mass is 10.0. The summed E-state index contributed by atoms with van der Waals surface area (Å²) in [6.07, 6.45) is 0. The second-order valence-electron chi connectivity index (χ2n) is 3.93. The normalized spacial score (nSPS) is 13.9. The molecule has 0 amide bonds. The van der Waals surface area contributed by atoms with E-state index in [1.54, 1.807) is 0 Å². The summed E-state index contributed by atoms with van der Waals surface area (Å²) in [5, 5.41) is 0. The summed E-state index contributed by atoms with van der Waals surface area (Å²) < 4.78 is 13.0. The van der Waals surface area contributed by atoms with Gasteiger partial charge in [-0.3, -0.25) is 0 Å². The fraction of sp³-hybridized carbons (Fsp3) is 0.385. The van der Waals surface area contributed by atoms with E-state index in [2.05, 4.69) is 11.8 Å². The molecule has 2 atom stereocenters. The standard InChI is InChI=1S/C13H16FN/c1-9-6-12(8-13(14)7-9)5-4-10(2)11(3)15/h6-8,10-11H,15H2,1-3H3. The highest BCUT2D eigenvalue weighted by Gasteiger charge is 2.02. The molecule has 0 aliphatic rings. The Morgan fingerprint density at radius 2 is 1.93 bits per heavy atom. The molecule has 0 bridgehead atoms. The third kappa shape index (κ3) is 3.73. The number of benzene rings is 1. The van der Waals surface area contributed by atoms with Crippen LogP contribution in [-0.2, 0) is 0 Å². The molecule has 1 aromatic carbocycles. The van der Waals surface area contributed by atoms with Crippen molar-refractivity contribution in [1.82, 2.24) is 0 Å². The molecular formula is C13H16FN. The van der Waals surface area contributed by atoms with Gasteiger partial charge in [-0.25, -0.2) is 4.39 Å². The lowest BCUT2D eigenvalue weighted by Crippen LogP contribution is -2.22. The van der Waals surface area contributed by atoms with Crippen molar-refractivity contribution in [2.24, 2.45) is 11.7 Å². The Morgan fingerprint density at radius 3 is 2.47 bits per heavy atom. The Morgan fingerprint density at radius 1 is 1.27 bits per heavy atom. The monoisotopic (exact) mass is 205 g/mol. The highest BCUT2D eigenvalue weighted by atomic mass is 19.1. The van der Waals surface area contributed by atoms with Crippen LogP contribution in [0.1, 0.15) is 25.0 Å². The van der Waals surface area contributed by atoms with Crippen molar-refractivity contribution < 1.29 is 4.39 Å². The van der Waals surface area contributed by atoms with Crippen molar-refractivity contribution in [3.05, 3.63) is 35.1 Å². The highest BCUT2D eigenvalue weighted by Crippen LogP contribution is 2.07. The lowest BCUT2D eigenvalue weighted by molar-refractivity contribution is 0.600. The molecule has 80 valence electrons. The molecule has 0 radical (unpaired) electrons. The third-order valence-electron chi connectivity index (χ3n) is 2.27. The number of hydrogen-bond acceptors (Lipinski definition) is 1. The van der Waals surface area contributed by atoms with E-state index in [9.17, 15) is 4.39 Å². The van der Waals surface area contributed by atoms with Crippen molar-refractivity contribution in [1.29, 1.82) is 0 Å². The maximum atomic E-state index is 13.0. The molecule has 0 heterocycles. The Hall–Kier alpha value is -1.33. The van der Waals surface area contributed by atoms with Crippen LogP contribution < -0.4 is 5.73 Å². The average molecular weight is 205 g/mol. The van der Waals surface area contributed by atoms with Gasteiger partial charge >= 0.3 is 0 Å².